The number of aromatic nitrogens is 2. The summed E-state index contributed by atoms with van der Waals surface area (Å²) < 4.78 is 19.5. The fourth-order valence-corrected chi connectivity index (χ4v) is 14.7. The van der Waals surface area contributed by atoms with Gasteiger partial charge in [-0.05, 0) is 115 Å². The Balaban J connectivity index is 0.985. The van der Waals surface area contributed by atoms with Gasteiger partial charge < -0.3 is 108 Å². The first kappa shape index (κ1) is 103. The number of rotatable bonds is 47. The average Bonchev–Trinajstić information content (AvgIpc) is 1.59. The van der Waals surface area contributed by atoms with Crippen molar-refractivity contribution in [3.63, 3.8) is 0 Å². The standard InChI is InChI=1S/C82H109Cl2N17O28/c1-45(74(85)119)88-76(121)55(11-6-7-22-86-64(104)39-96-23-25-97(40-69(113)114)27-29-99(42-71(117)118)30-28-98(26-24-96)41-70(115)116)91-78(123)57(13-19-66(107)108)93-80(125)59(15-21-68(111)112)94-79(124)58(14-20-67(109)110)92-77(122)56(12-18-65(105)106)90-75(120)46(2)87-62(102)16-17-63(103)89-50-10-8-9-47(33-50)52-37-53-61(38-60(52)127-5)129-43-54-72(81(126)100-31-32-128-44-82(100,3)4)95-101(73(53)54)51-35-48(83)34-49(84)36-51/h8-10,33-38,45-46,55-59H,6-7,11-32,39-44H2,1-5H3,(H2,85,119)(H,86,104)(H,87,102)(H,88,121)(H,89,103)(H,90,120)(H,91,123)(H,92,122)(H,93,125)(H,94,124)(H,105,106)(H,107,108)(H,109,110)(H,111,112)(H,113,114)(H,115,116)(H,117,118)/t45-,46-,55-,56-,57-,58-,59-/m1/s1. The topological polar surface area (TPSA) is 645 Å². The summed E-state index contributed by atoms with van der Waals surface area (Å²) in [7, 11) is 1.45. The number of nitrogens with zero attached hydrogens (tertiary/aromatic N) is 7. The van der Waals surface area contributed by atoms with Crippen LogP contribution in [0.15, 0.2) is 54.6 Å². The minimum atomic E-state index is -2.01. The number of nitrogens with two attached hydrogens (primary N) is 1. The van der Waals surface area contributed by atoms with Gasteiger partial charge in [0.15, 0.2) is 5.69 Å². The third-order valence-corrected chi connectivity index (χ3v) is 21.5. The molecule has 0 unspecified atom stereocenters. The summed E-state index contributed by atoms with van der Waals surface area (Å²) in [6.45, 7) is 6.52. The molecule has 2 saturated heterocycles. The van der Waals surface area contributed by atoms with Crippen LogP contribution in [0.2, 0.25) is 10.0 Å². The Bertz CT molecular complexity index is 4750. The highest BCUT2D eigenvalue weighted by atomic mass is 35.5. The zero-order valence-corrected chi connectivity index (χ0v) is 73.1. The zero-order chi connectivity index (χ0) is 95.1. The summed E-state index contributed by atoms with van der Waals surface area (Å²) in [5, 5.41) is 94.7. The number of primary amides is 1. The van der Waals surface area contributed by atoms with Gasteiger partial charge >= 0.3 is 41.8 Å². The highest BCUT2D eigenvalue weighted by Gasteiger charge is 2.41. The van der Waals surface area contributed by atoms with Crippen LogP contribution < -0.4 is 63.1 Å². The third-order valence-electron chi connectivity index (χ3n) is 21.1. The van der Waals surface area contributed by atoms with Crippen molar-refractivity contribution < 1.29 is 136 Å². The van der Waals surface area contributed by atoms with Crippen molar-refractivity contribution in [3.05, 3.63) is 75.9 Å². The van der Waals surface area contributed by atoms with Gasteiger partial charge in [0.25, 0.3) is 5.91 Å². The second-order valence-corrected chi connectivity index (χ2v) is 32.5. The van der Waals surface area contributed by atoms with E-state index in [4.69, 9.17) is 48.2 Å². The third kappa shape index (κ3) is 33.2. The lowest BCUT2D eigenvalue weighted by Gasteiger charge is -2.41. The van der Waals surface area contributed by atoms with Gasteiger partial charge in [-0.3, -0.25) is 106 Å². The maximum Gasteiger partial charge on any atom is 0.317 e. The van der Waals surface area contributed by atoms with Crippen LogP contribution in [0.4, 0.5) is 5.69 Å². The molecule has 129 heavy (non-hydrogen) atoms. The molecular weight excluding hydrogens is 1740 g/mol. The largest absolute Gasteiger partial charge is 0.496 e. The number of fused-ring (bicyclic) bond motifs is 3. The van der Waals surface area contributed by atoms with E-state index in [-0.39, 0.29) is 115 Å². The van der Waals surface area contributed by atoms with Crippen molar-refractivity contribution in [3.8, 4) is 39.6 Å². The van der Waals surface area contributed by atoms with Crippen molar-refractivity contribution in [2.24, 2.45) is 5.73 Å². The Labute approximate surface area is 749 Å². The number of morpholine rings is 1. The summed E-state index contributed by atoms with van der Waals surface area (Å²) in [5.41, 5.74) is 8.09. The molecule has 3 aromatic carbocycles. The van der Waals surface area contributed by atoms with Crippen LogP contribution >= 0.6 is 23.2 Å². The molecule has 11 amide bonds. The van der Waals surface area contributed by atoms with E-state index < -0.39 is 226 Å². The summed E-state index contributed by atoms with van der Waals surface area (Å²) in [6, 6.07) is 2.64. The lowest BCUT2D eigenvalue weighted by Crippen LogP contribution is -2.60. The van der Waals surface area contributed by atoms with Gasteiger partial charge in [-0.2, -0.15) is 5.10 Å². The predicted molar refractivity (Wildman–Crippen MR) is 456 cm³/mol. The summed E-state index contributed by atoms with van der Waals surface area (Å²) in [6.07, 6.45) is -7.61. The minimum Gasteiger partial charge on any atom is -0.496 e. The minimum absolute atomic E-state index is 0.0186. The van der Waals surface area contributed by atoms with Gasteiger partial charge in [-0.1, -0.05) is 35.3 Å². The number of carbonyl (C=O) groups is 18. The first-order valence-corrected chi connectivity index (χ1v) is 42.1. The fraction of sp³-hybridized carbons (Fsp3) is 0.524. The molecule has 3 aliphatic rings. The second kappa shape index (κ2) is 49.6. The molecule has 45 nitrogen and oxygen atoms in total. The van der Waals surface area contributed by atoms with E-state index in [1.807, 2.05) is 13.8 Å². The number of nitrogens with one attached hydrogen (secondary N) is 9. The molecule has 0 radical (unpaired) electrons. The Morgan fingerprint density at radius 2 is 0.946 bits per heavy atom. The normalized spacial score (nSPS) is 16.0. The van der Waals surface area contributed by atoms with E-state index in [9.17, 15) is 122 Å². The molecule has 0 saturated carbocycles. The highest BCUT2D eigenvalue weighted by Crippen LogP contribution is 2.47. The molecule has 0 bridgehead atoms. The Morgan fingerprint density at radius 3 is 1.40 bits per heavy atom. The summed E-state index contributed by atoms with van der Waals surface area (Å²) in [4.78, 5) is 243. The van der Waals surface area contributed by atoms with Crippen LogP contribution in [0, 0.1) is 0 Å². The van der Waals surface area contributed by atoms with E-state index in [0.29, 0.717) is 74.9 Å². The van der Waals surface area contributed by atoms with E-state index in [2.05, 4.69) is 47.9 Å². The van der Waals surface area contributed by atoms with E-state index >= 15 is 0 Å². The number of ether oxygens (including phenoxy) is 3. The molecule has 7 rings (SSSR count). The van der Waals surface area contributed by atoms with Crippen LogP contribution in [0.5, 0.6) is 11.5 Å². The van der Waals surface area contributed by atoms with Gasteiger partial charge in [-0.25, -0.2) is 4.68 Å². The van der Waals surface area contributed by atoms with Crippen LogP contribution in [0.3, 0.4) is 0 Å². The highest BCUT2D eigenvalue weighted by molar-refractivity contribution is 6.35. The lowest BCUT2D eigenvalue weighted by molar-refractivity contribution is -0.140. The maximum absolute atomic E-state index is 14.5. The number of aliphatic carboxylic acids is 7. The molecule has 2 fully saturated rings. The lowest BCUT2D eigenvalue weighted by atomic mass is 9.95. The van der Waals surface area contributed by atoms with E-state index in [1.54, 1.807) is 83.8 Å². The molecule has 47 heteroatoms. The second-order valence-electron chi connectivity index (χ2n) is 31.6. The number of anilines is 1. The molecule has 0 spiro atoms. The number of amides is 11. The first-order valence-electron chi connectivity index (χ1n) is 41.3. The SMILES string of the molecule is COc1cc2c(cc1-c1cccc(NC(=O)CCC(=O)N[C@H](C)C(=O)N[C@H](CCC(=O)O)C(=O)N[C@H](CCC(=O)O)C(=O)N[C@H](CCC(=O)O)C(=O)N[C@H](CCC(=O)O)C(=O)N[C@H](CCCCNC(=O)CN3CCN(CC(=O)O)CCN(CC(=O)O)CCN(CC(=O)O)CC3)C(=O)N[C@H](C)C(N)=O)c1)-c1c(c(C(=O)N3CCOCC3(C)C)nn1-c1cc(Cl)cc(Cl)c1)CO2. The quantitative estimate of drug-likeness (QED) is 0.0248. The molecule has 4 aromatic rings. The van der Waals surface area contributed by atoms with E-state index in [1.165, 1.54) is 21.0 Å². The van der Waals surface area contributed by atoms with Gasteiger partial charge in [0, 0.05) is 142 Å². The summed E-state index contributed by atoms with van der Waals surface area (Å²) in [5.74, 6) is -19.6. The van der Waals surface area contributed by atoms with Crippen LogP contribution in [-0.2, 0) is 92.9 Å². The summed E-state index contributed by atoms with van der Waals surface area (Å²) >= 11 is 13.1. The monoisotopic (exact) mass is 1850 g/mol. The van der Waals surface area contributed by atoms with Crippen LogP contribution in [0.1, 0.15) is 127 Å². The molecule has 7 atom stereocenters. The number of benzene rings is 3. The average molecular weight is 1850 g/mol. The first-order chi connectivity index (χ1) is 61.0. The Kier molecular flexibility index (Phi) is 39.7. The number of methoxy groups -OCH3 is 1. The number of carboxylic acid groups (broad SMARTS) is 7. The zero-order valence-electron chi connectivity index (χ0n) is 71.6. The van der Waals surface area contributed by atoms with Crippen molar-refractivity contribution in [2.75, 3.05) is 117 Å². The predicted octanol–water partition coefficient (Wildman–Crippen LogP) is -0.476. The van der Waals surface area contributed by atoms with Gasteiger partial charge in [0.2, 0.25) is 59.1 Å². The smallest absolute Gasteiger partial charge is 0.317 e. The molecule has 0 aliphatic carbocycles. The number of hydrogen-bond acceptors (Lipinski definition) is 26. The van der Waals surface area contributed by atoms with Gasteiger partial charge in [0.1, 0.15) is 60.4 Å². The molecular formula is C82H109Cl2N17O28. The van der Waals surface area contributed by atoms with Crippen molar-refractivity contribution in [2.45, 2.75) is 166 Å². The van der Waals surface area contributed by atoms with Crippen LogP contribution in [0.25, 0.3) is 28.1 Å². The molecule has 1 aromatic heterocycles. The number of hydrogen-bond donors (Lipinski definition) is 17. The number of carbonyl (C=O) groups excluding carboxylic acids is 11. The number of carboxylic acids is 7. The van der Waals surface area contributed by atoms with Crippen LogP contribution in [-0.4, -0.2) is 337 Å². The van der Waals surface area contributed by atoms with E-state index in [0.717, 1.165) is 0 Å². The molecule has 4 heterocycles. The fourth-order valence-electron chi connectivity index (χ4n) is 14.2. The Hall–Kier alpha value is -12.7. The van der Waals surface area contributed by atoms with Crippen molar-refractivity contribution in [1.29, 1.82) is 0 Å². The molecule has 18 N–H and O–H groups in total. The number of halogens is 2. The number of unbranched alkanes of at least 4 members (excludes halogenated alkanes) is 1. The molecule has 3 aliphatic heterocycles. The van der Waals surface area contributed by atoms with Gasteiger partial charge in [0.05, 0.1) is 63.4 Å². The molecule has 704 valence electrons. The van der Waals surface area contributed by atoms with Gasteiger partial charge in [-0.15, -0.1) is 0 Å². The Morgan fingerprint density at radius 1 is 0.496 bits per heavy atom. The van der Waals surface area contributed by atoms with Crippen molar-refractivity contribution >= 4 is 136 Å². The van der Waals surface area contributed by atoms with Crippen molar-refractivity contribution in [1.82, 2.24) is 76.8 Å². The maximum atomic E-state index is 14.5.